The number of rotatable bonds is 6. The van der Waals surface area contributed by atoms with Crippen molar-refractivity contribution in [3.8, 4) is 0 Å². The van der Waals surface area contributed by atoms with E-state index in [4.69, 9.17) is 4.74 Å². The topological polar surface area (TPSA) is 61.9 Å². The van der Waals surface area contributed by atoms with Crippen LogP contribution in [0.5, 0.6) is 0 Å². The number of nitrogens with zero attached hydrogens (tertiary/aromatic N) is 2. The first-order valence-electron chi connectivity index (χ1n) is 10.5. The molecule has 154 valence electrons. The van der Waals surface area contributed by atoms with Crippen LogP contribution in [0.15, 0.2) is 30.3 Å². The maximum absolute atomic E-state index is 12.8. The third kappa shape index (κ3) is 5.04. The highest BCUT2D eigenvalue weighted by Crippen LogP contribution is 2.29. The lowest BCUT2D eigenvalue weighted by molar-refractivity contribution is -0.132. The minimum Gasteiger partial charge on any atom is -0.445 e. The predicted octanol–water partition coefficient (Wildman–Crippen LogP) is 3.17. The van der Waals surface area contributed by atoms with Crippen molar-refractivity contribution in [2.45, 2.75) is 76.7 Å². The Hall–Kier alpha value is -2.08. The molecular weight excluding hydrogens is 354 g/mol. The summed E-state index contributed by atoms with van der Waals surface area (Å²) in [6.07, 6.45) is 4.47. The zero-order valence-electron chi connectivity index (χ0n) is 17.3. The van der Waals surface area contributed by atoms with Gasteiger partial charge in [-0.2, -0.15) is 0 Å². The Morgan fingerprint density at radius 3 is 2.50 bits per heavy atom. The molecule has 1 atom stereocenters. The number of amides is 2. The fourth-order valence-corrected chi connectivity index (χ4v) is 4.30. The molecule has 3 rings (SSSR count). The number of hydrogen-bond donors (Lipinski definition) is 1. The van der Waals surface area contributed by atoms with Crippen LogP contribution in [0.25, 0.3) is 0 Å². The number of carbonyl (C=O) groups is 2. The number of benzene rings is 1. The van der Waals surface area contributed by atoms with E-state index >= 15 is 0 Å². The maximum Gasteiger partial charge on any atom is 0.408 e. The molecule has 1 aliphatic carbocycles. The third-order valence-electron chi connectivity index (χ3n) is 6.24. The largest absolute Gasteiger partial charge is 0.445 e. The Bertz CT molecular complexity index is 656. The molecule has 0 bridgehead atoms. The summed E-state index contributed by atoms with van der Waals surface area (Å²) in [6.45, 7) is 5.38. The molecule has 1 heterocycles. The molecular formula is C22H33N3O3. The number of nitrogens with one attached hydrogen (secondary N) is 1. The van der Waals surface area contributed by atoms with Gasteiger partial charge < -0.3 is 19.9 Å². The van der Waals surface area contributed by atoms with Crippen LogP contribution in [0.2, 0.25) is 0 Å². The molecule has 2 fully saturated rings. The lowest BCUT2D eigenvalue weighted by Gasteiger charge is -2.39. The molecule has 0 aromatic heterocycles. The Balaban J connectivity index is 1.44. The van der Waals surface area contributed by atoms with E-state index in [0.717, 1.165) is 37.8 Å². The van der Waals surface area contributed by atoms with Gasteiger partial charge in [0.25, 0.3) is 0 Å². The quantitative estimate of drug-likeness (QED) is 0.814. The standard InChI is InChI=1S/C22H33N3O3/c1-16(2)24(3)18-9-11-19(12-10-18)25-14-13-20(21(25)26)23-22(27)28-15-17-7-5-4-6-8-17/h4-8,16,18-20H,9-15H2,1-3H3,(H,23,27)/t18-,19+,20?. The van der Waals surface area contributed by atoms with Crippen LogP contribution in [0.1, 0.15) is 51.5 Å². The van der Waals surface area contributed by atoms with Crippen LogP contribution in [0.3, 0.4) is 0 Å². The van der Waals surface area contributed by atoms with Crippen LogP contribution in [-0.4, -0.2) is 59.6 Å². The van der Waals surface area contributed by atoms with E-state index in [1.54, 1.807) is 0 Å². The van der Waals surface area contributed by atoms with Crippen molar-refractivity contribution < 1.29 is 14.3 Å². The first-order chi connectivity index (χ1) is 13.5. The number of likely N-dealkylation sites (tertiary alicyclic amines) is 1. The second-order valence-electron chi connectivity index (χ2n) is 8.30. The minimum atomic E-state index is -0.522. The molecule has 1 aromatic carbocycles. The van der Waals surface area contributed by atoms with E-state index in [2.05, 4.69) is 31.1 Å². The van der Waals surface area contributed by atoms with Crippen molar-refractivity contribution >= 4 is 12.0 Å². The molecule has 1 saturated carbocycles. The van der Waals surface area contributed by atoms with Gasteiger partial charge in [-0.3, -0.25) is 4.79 Å². The van der Waals surface area contributed by atoms with Crippen molar-refractivity contribution in [1.82, 2.24) is 15.1 Å². The van der Waals surface area contributed by atoms with Crippen molar-refractivity contribution in [2.75, 3.05) is 13.6 Å². The molecule has 0 spiro atoms. The van der Waals surface area contributed by atoms with Gasteiger partial charge in [-0.05, 0) is 58.6 Å². The van der Waals surface area contributed by atoms with E-state index < -0.39 is 12.1 Å². The van der Waals surface area contributed by atoms with Gasteiger partial charge in [-0.25, -0.2) is 4.79 Å². The fourth-order valence-electron chi connectivity index (χ4n) is 4.30. The first kappa shape index (κ1) is 20.6. The minimum absolute atomic E-state index is 0.0392. The van der Waals surface area contributed by atoms with Crippen LogP contribution >= 0.6 is 0 Å². The van der Waals surface area contributed by atoms with Crippen molar-refractivity contribution in [3.63, 3.8) is 0 Å². The second kappa shape index (κ2) is 9.41. The molecule has 1 aliphatic heterocycles. The van der Waals surface area contributed by atoms with Gasteiger partial charge in [0.2, 0.25) is 5.91 Å². The second-order valence-corrected chi connectivity index (χ2v) is 8.30. The van der Waals surface area contributed by atoms with Gasteiger partial charge in [0.1, 0.15) is 12.6 Å². The summed E-state index contributed by atoms with van der Waals surface area (Å²) in [6, 6.07) is 10.5. The highest BCUT2D eigenvalue weighted by Gasteiger charge is 2.38. The van der Waals surface area contributed by atoms with Crippen molar-refractivity contribution in [1.29, 1.82) is 0 Å². The molecule has 1 unspecified atom stereocenters. The summed E-state index contributed by atoms with van der Waals surface area (Å²) in [4.78, 5) is 29.3. The van der Waals surface area contributed by atoms with Crippen LogP contribution in [0, 0.1) is 0 Å². The highest BCUT2D eigenvalue weighted by molar-refractivity contribution is 5.87. The zero-order chi connectivity index (χ0) is 20.1. The monoisotopic (exact) mass is 387 g/mol. The van der Waals surface area contributed by atoms with E-state index in [-0.39, 0.29) is 12.5 Å². The van der Waals surface area contributed by atoms with Crippen molar-refractivity contribution in [3.05, 3.63) is 35.9 Å². The molecule has 28 heavy (non-hydrogen) atoms. The summed E-state index contributed by atoms with van der Waals surface area (Å²) in [5.74, 6) is 0.0392. The smallest absolute Gasteiger partial charge is 0.408 e. The average Bonchev–Trinajstić information content (AvgIpc) is 3.07. The van der Waals surface area contributed by atoms with Gasteiger partial charge in [0.05, 0.1) is 0 Å². The average molecular weight is 388 g/mol. The van der Waals surface area contributed by atoms with E-state index in [1.165, 1.54) is 0 Å². The van der Waals surface area contributed by atoms with Gasteiger partial charge in [-0.1, -0.05) is 30.3 Å². The van der Waals surface area contributed by atoms with Gasteiger partial charge >= 0.3 is 6.09 Å². The summed E-state index contributed by atoms with van der Waals surface area (Å²) in [5.41, 5.74) is 0.931. The lowest BCUT2D eigenvalue weighted by atomic mass is 9.89. The predicted molar refractivity (Wildman–Crippen MR) is 109 cm³/mol. The number of hydrogen-bond acceptors (Lipinski definition) is 4. The summed E-state index contributed by atoms with van der Waals surface area (Å²) in [7, 11) is 2.19. The maximum atomic E-state index is 12.8. The number of carbonyl (C=O) groups excluding carboxylic acids is 2. The fraction of sp³-hybridized carbons (Fsp3) is 0.636. The van der Waals surface area contributed by atoms with E-state index in [9.17, 15) is 9.59 Å². The lowest BCUT2D eigenvalue weighted by Crippen LogP contribution is -2.48. The number of ether oxygens (including phenoxy) is 1. The van der Waals surface area contributed by atoms with E-state index in [0.29, 0.717) is 24.5 Å². The van der Waals surface area contributed by atoms with Gasteiger partial charge in [0.15, 0.2) is 0 Å². The molecule has 2 aliphatic rings. The normalized spacial score (nSPS) is 25.4. The van der Waals surface area contributed by atoms with Gasteiger partial charge in [0, 0.05) is 24.7 Å². The first-order valence-corrected chi connectivity index (χ1v) is 10.5. The Morgan fingerprint density at radius 2 is 1.86 bits per heavy atom. The summed E-state index contributed by atoms with van der Waals surface area (Å²) < 4.78 is 5.26. The molecule has 1 aromatic rings. The Morgan fingerprint density at radius 1 is 1.18 bits per heavy atom. The number of alkyl carbamates (subject to hydrolysis) is 1. The molecule has 2 amide bonds. The van der Waals surface area contributed by atoms with Crippen LogP contribution in [-0.2, 0) is 16.1 Å². The summed E-state index contributed by atoms with van der Waals surface area (Å²) >= 11 is 0. The third-order valence-corrected chi connectivity index (χ3v) is 6.24. The SMILES string of the molecule is CC(C)N(C)[C@H]1CC[C@@H](N2CCC(NC(=O)OCc3ccccc3)C2=O)CC1. The van der Waals surface area contributed by atoms with Crippen molar-refractivity contribution in [2.24, 2.45) is 0 Å². The molecule has 0 radical (unpaired) electrons. The van der Waals surface area contributed by atoms with Gasteiger partial charge in [-0.15, -0.1) is 0 Å². The Labute approximate surface area is 168 Å². The van der Waals surface area contributed by atoms with E-state index in [1.807, 2.05) is 35.2 Å². The molecule has 1 N–H and O–H groups in total. The van der Waals surface area contributed by atoms with Crippen LogP contribution in [0.4, 0.5) is 4.79 Å². The molecule has 6 heteroatoms. The summed E-state index contributed by atoms with van der Waals surface area (Å²) in [5, 5.41) is 2.75. The highest BCUT2D eigenvalue weighted by atomic mass is 16.5. The molecule has 6 nitrogen and oxygen atoms in total. The zero-order valence-corrected chi connectivity index (χ0v) is 17.3. The Kier molecular flexibility index (Phi) is 6.94. The van der Waals surface area contributed by atoms with Crippen LogP contribution < -0.4 is 5.32 Å². The molecule has 1 saturated heterocycles.